The fourth-order valence-electron chi connectivity index (χ4n) is 1.82. The number of halogens is 1. The summed E-state index contributed by atoms with van der Waals surface area (Å²) in [5.41, 5.74) is 2.34. The third-order valence-electron chi connectivity index (χ3n) is 3.02. The Kier molecular flexibility index (Phi) is 4.93. The minimum atomic E-state index is -3.58. The molecule has 0 aliphatic heterocycles. The molecule has 21 heavy (non-hydrogen) atoms. The third-order valence-corrected chi connectivity index (χ3v) is 6.52. The lowest BCUT2D eigenvalue weighted by Crippen LogP contribution is -2.11. The van der Waals surface area contributed by atoms with Crippen LogP contribution in [-0.4, -0.2) is 15.5 Å². The second-order valence-electron chi connectivity index (χ2n) is 4.77. The molecule has 0 radical (unpaired) electrons. The molecule has 114 valence electrons. The van der Waals surface area contributed by atoms with Gasteiger partial charge >= 0.3 is 0 Å². The first-order chi connectivity index (χ1) is 9.83. The van der Waals surface area contributed by atoms with Gasteiger partial charge in [0.05, 0.1) is 5.69 Å². The van der Waals surface area contributed by atoms with E-state index in [4.69, 9.17) is 11.6 Å². The molecule has 4 nitrogen and oxygen atoms in total. The molecule has 2 N–H and O–H groups in total. The van der Waals surface area contributed by atoms with Gasteiger partial charge in [-0.25, -0.2) is 8.42 Å². The summed E-state index contributed by atoms with van der Waals surface area (Å²) >= 11 is 7.29. The highest BCUT2D eigenvalue weighted by Crippen LogP contribution is 2.28. The lowest BCUT2D eigenvalue weighted by atomic mass is 10.2. The third kappa shape index (κ3) is 3.77. The van der Waals surface area contributed by atoms with Crippen LogP contribution in [0.4, 0.5) is 5.69 Å². The van der Waals surface area contributed by atoms with E-state index in [-0.39, 0.29) is 0 Å². The second kappa shape index (κ2) is 6.36. The normalized spacial score (nSPS) is 11.6. The predicted molar refractivity (Wildman–Crippen MR) is 88.8 cm³/mol. The highest BCUT2D eigenvalue weighted by atomic mass is 35.5. The van der Waals surface area contributed by atoms with E-state index in [1.54, 1.807) is 24.3 Å². The van der Waals surface area contributed by atoms with Gasteiger partial charge < -0.3 is 5.32 Å². The van der Waals surface area contributed by atoms with Crippen molar-refractivity contribution in [2.45, 2.75) is 24.6 Å². The van der Waals surface area contributed by atoms with Gasteiger partial charge in [-0.3, -0.25) is 4.72 Å². The van der Waals surface area contributed by atoms with E-state index >= 15 is 0 Å². The van der Waals surface area contributed by atoms with Crippen LogP contribution < -0.4 is 10.0 Å². The highest BCUT2D eigenvalue weighted by Gasteiger charge is 2.19. The number of hydrogen-bond donors (Lipinski definition) is 2. The molecule has 0 spiro atoms. The van der Waals surface area contributed by atoms with Crippen molar-refractivity contribution >= 4 is 38.6 Å². The number of hydrogen-bond acceptors (Lipinski definition) is 4. The molecule has 0 aliphatic rings. The number of aryl methyl sites for hydroxylation is 2. The fourth-order valence-corrected chi connectivity index (χ4v) is 4.65. The number of rotatable bonds is 5. The quantitative estimate of drug-likeness (QED) is 0.872. The van der Waals surface area contributed by atoms with Crippen molar-refractivity contribution in [2.75, 3.05) is 11.8 Å². The van der Waals surface area contributed by atoms with Crippen molar-refractivity contribution in [3.63, 3.8) is 0 Å². The van der Waals surface area contributed by atoms with Crippen molar-refractivity contribution in [1.29, 1.82) is 0 Å². The van der Waals surface area contributed by atoms with E-state index in [1.807, 2.05) is 20.9 Å². The molecule has 0 saturated carbocycles. The summed E-state index contributed by atoms with van der Waals surface area (Å²) in [6, 6.07) is 6.79. The smallest absolute Gasteiger partial charge is 0.271 e. The van der Waals surface area contributed by atoms with Gasteiger partial charge in [-0.2, -0.15) is 0 Å². The van der Waals surface area contributed by atoms with Crippen LogP contribution in [0.15, 0.2) is 28.5 Å². The molecule has 0 saturated heterocycles. The first-order valence-electron chi connectivity index (χ1n) is 6.36. The minimum Gasteiger partial charge on any atom is -0.315 e. The lowest BCUT2D eigenvalue weighted by molar-refractivity contribution is 0.603. The molecule has 2 aromatic rings. The van der Waals surface area contributed by atoms with Gasteiger partial charge in [0, 0.05) is 16.4 Å². The summed E-state index contributed by atoms with van der Waals surface area (Å²) in [6.45, 7) is 4.43. The molecular weight excluding hydrogens is 328 g/mol. The lowest BCUT2D eigenvalue weighted by Gasteiger charge is -2.07. The number of thiophene rings is 1. The summed E-state index contributed by atoms with van der Waals surface area (Å²) in [6.07, 6.45) is 0. The Morgan fingerprint density at radius 2 is 1.90 bits per heavy atom. The average Bonchev–Trinajstić information content (AvgIpc) is 2.77. The van der Waals surface area contributed by atoms with Gasteiger partial charge in [0.2, 0.25) is 0 Å². The molecule has 1 aromatic carbocycles. The van der Waals surface area contributed by atoms with Crippen LogP contribution in [0.3, 0.4) is 0 Å². The molecule has 1 heterocycles. The van der Waals surface area contributed by atoms with Crippen molar-refractivity contribution in [1.82, 2.24) is 5.32 Å². The molecule has 2 rings (SSSR count). The van der Waals surface area contributed by atoms with Crippen LogP contribution in [0, 0.1) is 13.8 Å². The summed E-state index contributed by atoms with van der Waals surface area (Å²) in [5, 5.41) is 3.57. The van der Waals surface area contributed by atoms with Gasteiger partial charge in [-0.1, -0.05) is 17.7 Å². The first kappa shape index (κ1) is 16.3. The van der Waals surface area contributed by atoms with Gasteiger partial charge in [0.15, 0.2) is 0 Å². The van der Waals surface area contributed by atoms with E-state index in [9.17, 15) is 8.42 Å². The average molecular weight is 345 g/mol. The molecule has 0 aliphatic carbocycles. The van der Waals surface area contributed by atoms with Crippen LogP contribution in [-0.2, 0) is 16.6 Å². The van der Waals surface area contributed by atoms with Crippen LogP contribution in [0.2, 0.25) is 5.02 Å². The van der Waals surface area contributed by atoms with Gasteiger partial charge in [0.1, 0.15) is 4.21 Å². The Labute approximate surface area is 134 Å². The summed E-state index contributed by atoms with van der Waals surface area (Å²) in [5.74, 6) is 0. The molecule has 0 amide bonds. The molecule has 1 aromatic heterocycles. The Morgan fingerprint density at radius 3 is 2.52 bits per heavy atom. The molecule has 0 atom stereocenters. The minimum absolute atomic E-state index is 0.307. The van der Waals surface area contributed by atoms with E-state index in [0.717, 1.165) is 16.0 Å². The van der Waals surface area contributed by atoms with Crippen LogP contribution in [0.1, 0.15) is 16.0 Å². The van der Waals surface area contributed by atoms with Gasteiger partial charge in [-0.05, 0) is 50.2 Å². The van der Waals surface area contributed by atoms with Crippen LogP contribution >= 0.6 is 22.9 Å². The maximum Gasteiger partial charge on any atom is 0.271 e. The van der Waals surface area contributed by atoms with E-state index in [1.165, 1.54) is 11.3 Å². The van der Waals surface area contributed by atoms with Crippen LogP contribution in [0.5, 0.6) is 0 Å². The first-order valence-corrected chi connectivity index (χ1v) is 9.04. The molecule has 7 heteroatoms. The number of nitrogens with one attached hydrogen (secondary N) is 2. The maximum absolute atomic E-state index is 12.4. The Morgan fingerprint density at radius 1 is 1.19 bits per heavy atom. The zero-order valence-corrected chi connectivity index (χ0v) is 14.4. The number of anilines is 1. The van der Waals surface area contributed by atoms with Gasteiger partial charge in [-0.15, -0.1) is 11.3 Å². The van der Waals surface area contributed by atoms with Crippen molar-refractivity contribution in [3.05, 3.63) is 45.3 Å². The monoisotopic (exact) mass is 344 g/mol. The maximum atomic E-state index is 12.4. The van der Waals surface area contributed by atoms with E-state index in [0.29, 0.717) is 21.5 Å². The fraction of sp³-hybridized carbons (Fsp3) is 0.286. The molecular formula is C14H17ClN2O2S2. The topological polar surface area (TPSA) is 58.2 Å². The van der Waals surface area contributed by atoms with Gasteiger partial charge in [0.25, 0.3) is 10.0 Å². The van der Waals surface area contributed by atoms with E-state index < -0.39 is 10.0 Å². The SMILES string of the molecule is CNCc1sc(S(=O)(=O)Nc2ccc(C)c(Cl)c2)cc1C. The van der Waals surface area contributed by atoms with E-state index in [2.05, 4.69) is 10.0 Å². The predicted octanol–water partition coefficient (Wildman–Crippen LogP) is 3.54. The second-order valence-corrected chi connectivity index (χ2v) is 8.22. The Hall–Kier alpha value is -1.08. The molecule has 0 fully saturated rings. The molecule has 0 bridgehead atoms. The largest absolute Gasteiger partial charge is 0.315 e. The number of benzene rings is 1. The summed E-state index contributed by atoms with van der Waals surface area (Å²) in [4.78, 5) is 1.01. The Bertz CT molecular complexity index is 754. The number of sulfonamides is 1. The van der Waals surface area contributed by atoms with Crippen molar-refractivity contribution in [2.24, 2.45) is 0 Å². The summed E-state index contributed by atoms with van der Waals surface area (Å²) in [7, 11) is -1.75. The summed E-state index contributed by atoms with van der Waals surface area (Å²) < 4.78 is 27.7. The standard InChI is InChI=1S/C14H17ClN2O2S2/c1-9-4-5-11(7-12(9)15)17-21(18,19)14-6-10(2)13(20-14)8-16-3/h4-7,16-17H,8H2,1-3H3. The zero-order chi connectivity index (χ0) is 15.6. The highest BCUT2D eigenvalue weighted by molar-refractivity contribution is 7.94. The van der Waals surface area contributed by atoms with Crippen molar-refractivity contribution in [3.8, 4) is 0 Å². The molecule has 0 unspecified atom stereocenters. The van der Waals surface area contributed by atoms with Crippen molar-refractivity contribution < 1.29 is 8.42 Å². The zero-order valence-electron chi connectivity index (χ0n) is 12.0. The van der Waals surface area contributed by atoms with Crippen LogP contribution in [0.25, 0.3) is 0 Å². The Balaban J connectivity index is 2.29.